The van der Waals surface area contributed by atoms with Gasteiger partial charge in [-0.25, -0.2) is 0 Å². The molecule has 1 heterocycles. The molecule has 0 amide bonds. The minimum atomic E-state index is 0.261. The third-order valence-corrected chi connectivity index (χ3v) is 5.36. The first-order valence-corrected chi connectivity index (χ1v) is 8.57. The zero-order chi connectivity index (χ0) is 15.6. The maximum absolute atomic E-state index is 6.07. The second kappa shape index (κ2) is 6.78. The van der Waals surface area contributed by atoms with E-state index in [0.29, 0.717) is 12.6 Å². The van der Waals surface area contributed by atoms with E-state index in [9.17, 15) is 0 Å². The van der Waals surface area contributed by atoms with Crippen molar-refractivity contribution < 1.29 is 0 Å². The number of nitrogens with two attached hydrogens (primary N) is 1. The average Bonchev–Trinajstić information content (AvgIpc) is 2.43. The second-order valence-corrected chi connectivity index (χ2v) is 7.81. The summed E-state index contributed by atoms with van der Waals surface area (Å²) < 4.78 is 1.17. The Hall–Kier alpha value is -0.420. The maximum Gasteiger partial charge on any atom is 0.0471 e. The lowest BCUT2D eigenvalue weighted by Gasteiger charge is -2.44. The van der Waals surface area contributed by atoms with E-state index in [1.54, 1.807) is 0 Å². The summed E-state index contributed by atoms with van der Waals surface area (Å²) in [5, 5.41) is 0. The molecule has 118 valence electrons. The van der Waals surface area contributed by atoms with Crippen LogP contribution in [0.2, 0.25) is 0 Å². The van der Waals surface area contributed by atoms with Crippen molar-refractivity contribution >= 4 is 15.9 Å². The lowest BCUT2D eigenvalue weighted by molar-refractivity contribution is 0.0433. The van der Waals surface area contributed by atoms with Gasteiger partial charge < -0.3 is 5.73 Å². The fourth-order valence-electron chi connectivity index (χ4n) is 3.02. The predicted octanol–water partition coefficient (Wildman–Crippen LogP) is 3.17. The second-order valence-electron chi connectivity index (χ2n) is 6.95. The first-order valence-electron chi connectivity index (χ1n) is 7.78. The lowest BCUT2D eigenvalue weighted by Crippen LogP contribution is -2.54. The maximum atomic E-state index is 6.07. The Bertz CT molecular complexity index is 473. The highest BCUT2D eigenvalue weighted by Gasteiger charge is 2.29. The molecule has 3 nitrogen and oxygen atoms in total. The highest BCUT2D eigenvalue weighted by molar-refractivity contribution is 9.10. The highest BCUT2D eigenvalue weighted by atomic mass is 79.9. The van der Waals surface area contributed by atoms with Crippen molar-refractivity contribution in [2.24, 2.45) is 5.73 Å². The van der Waals surface area contributed by atoms with E-state index in [2.05, 4.69) is 71.6 Å². The third kappa shape index (κ3) is 4.07. The minimum Gasteiger partial charge on any atom is -0.329 e. The van der Waals surface area contributed by atoms with Crippen LogP contribution in [0.1, 0.15) is 37.9 Å². The van der Waals surface area contributed by atoms with Gasteiger partial charge in [0, 0.05) is 48.8 Å². The number of nitrogens with zero attached hydrogens (tertiary/aromatic N) is 2. The molecule has 0 saturated carbocycles. The predicted molar refractivity (Wildman–Crippen MR) is 93.6 cm³/mol. The Labute approximate surface area is 137 Å². The van der Waals surface area contributed by atoms with E-state index in [1.165, 1.54) is 15.6 Å². The topological polar surface area (TPSA) is 32.5 Å². The highest BCUT2D eigenvalue weighted by Crippen LogP contribution is 2.27. The van der Waals surface area contributed by atoms with Crippen molar-refractivity contribution in [3.05, 3.63) is 33.8 Å². The zero-order valence-electron chi connectivity index (χ0n) is 13.7. The van der Waals surface area contributed by atoms with Gasteiger partial charge in [-0.1, -0.05) is 28.1 Å². The van der Waals surface area contributed by atoms with Gasteiger partial charge in [0.1, 0.15) is 0 Å². The first-order chi connectivity index (χ1) is 9.82. The van der Waals surface area contributed by atoms with E-state index in [4.69, 9.17) is 5.73 Å². The van der Waals surface area contributed by atoms with Crippen molar-refractivity contribution in [3.63, 3.8) is 0 Å². The summed E-state index contributed by atoms with van der Waals surface area (Å²) in [4.78, 5) is 5.08. The molecule has 1 aliphatic heterocycles. The van der Waals surface area contributed by atoms with Gasteiger partial charge in [0.05, 0.1) is 0 Å². The summed E-state index contributed by atoms with van der Waals surface area (Å²) in [7, 11) is 0. The van der Waals surface area contributed by atoms with Crippen molar-refractivity contribution in [2.75, 3.05) is 32.7 Å². The van der Waals surface area contributed by atoms with Gasteiger partial charge in [0.2, 0.25) is 0 Å². The first kappa shape index (κ1) is 16.9. The molecule has 1 unspecified atom stereocenters. The van der Waals surface area contributed by atoms with Gasteiger partial charge in [0.15, 0.2) is 0 Å². The fourth-order valence-corrected chi connectivity index (χ4v) is 3.41. The van der Waals surface area contributed by atoms with Gasteiger partial charge in [0.25, 0.3) is 0 Å². The standard InChI is InChI=1S/C17H28BrN3/c1-13-5-6-14(11-15(13)18)16(12-19)20-7-9-21(10-8-20)17(2,3)4/h5-6,11,16H,7-10,12,19H2,1-4H3. The van der Waals surface area contributed by atoms with E-state index in [-0.39, 0.29) is 5.54 Å². The molecule has 0 spiro atoms. The third-order valence-electron chi connectivity index (χ3n) is 4.51. The van der Waals surface area contributed by atoms with Crippen LogP contribution in [-0.4, -0.2) is 48.1 Å². The Balaban J connectivity index is 2.07. The minimum absolute atomic E-state index is 0.261. The Morgan fingerprint density at radius 2 is 1.81 bits per heavy atom. The SMILES string of the molecule is Cc1ccc(C(CN)N2CCN(C(C)(C)C)CC2)cc1Br. The average molecular weight is 354 g/mol. The van der Waals surface area contributed by atoms with Crippen molar-refractivity contribution in [1.29, 1.82) is 0 Å². The summed E-state index contributed by atoms with van der Waals surface area (Å²) in [5.41, 5.74) is 8.92. The van der Waals surface area contributed by atoms with Gasteiger partial charge in [-0.15, -0.1) is 0 Å². The molecule has 21 heavy (non-hydrogen) atoms. The van der Waals surface area contributed by atoms with Crippen molar-refractivity contribution in [3.8, 4) is 0 Å². The fraction of sp³-hybridized carbons (Fsp3) is 0.647. The molecule has 1 atom stereocenters. The normalized spacial score (nSPS) is 19.7. The summed E-state index contributed by atoms with van der Waals surface area (Å²) in [6.45, 7) is 14.1. The zero-order valence-corrected chi connectivity index (χ0v) is 15.3. The Morgan fingerprint density at radius 3 is 2.29 bits per heavy atom. The quantitative estimate of drug-likeness (QED) is 0.905. The van der Waals surface area contributed by atoms with Crippen LogP contribution in [0.4, 0.5) is 0 Å². The van der Waals surface area contributed by atoms with Crippen LogP contribution in [0.5, 0.6) is 0 Å². The molecule has 0 radical (unpaired) electrons. The van der Waals surface area contributed by atoms with E-state index < -0.39 is 0 Å². The molecular weight excluding hydrogens is 326 g/mol. The van der Waals surface area contributed by atoms with E-state index in [0.717, 1.165) is 26.2 Å². The van der Waals surface area contributed by atoms with Crippen LogP contribution in [-0.2, 0) is 0 Å². The molecule has 1 fully saturated rings. The molecule has 1 aliphatic rings. The van der Waals surface area contributed by atoms with Crippen LogP contribution >= 0.6 is 15.9 Å². The van der Waals surface area contributed by atoms with Gasteiger partial charge in [-0.3, -0.25) is 9.80 Å². The summed E-state index contributed by atoms with van der Waals surface area (Å²) in [5.74, 6) is 0. The molecule has 1 saturated heterocycles. The molecule has 2 rings (SSSR count). The number of halogens is 1. The van der Waals surface area contributed by atoms with Crippen LogP contribution in [0, 0.1) is 6.92 Å². The smallest absolute Gasteiger partial charge is 0.0471 e. The molecule has 4 heteroatoms. The molecule has 0 bridgehead atoms. The van der Waals surface area contributed by atoms with Crippen LogP contribution < -0.4 is 5.73 Å². The molecule has 2 N–H and O–H groups in total. The van der Waals surface area contributed by atoms with Gasteiger partial charge in [-0.2, -0.15) is 0 Å². The molecule has 0 aromatic heterocycles. The van der Waals surface area contributed by atoms with Gasteiger partial charge >= 0.3 is 0 Å². The number of hydrogen-bond acceptors (Lipinski definition) is 3. The van der Waals surface area contributed by atoms with Crippen molar-refractivity contribution in [1.82, 2.24) is 9.80 Å². The van der Waals surface area contributed by atoms with Crippen molar-refractivity contribution in [2.45, 2.75) is 39.3 Å². The Morgan fingerprint density at radius 1 is 1.19 bits per heavy atom. The molecular formula is C17H28BrN3. The monoisotopic (exact) mass is 353 g/mol. The van der Waals surface area contributed by atoms with Crippen LogP contribution in [0.15, 0.2) is 22.7 Å². The van der Waals surface area contributed by atoms with Crippen LogP contribution in [0.25, 0.3) is 0 Å². The van der Waals surface area contributed by atoms with Gasteiger partial charge in [-0.05, 0) is 44.9 Å². The van der Waals surface area contributed by atoms with Crippen LogP contribution in [0.3, 0.4) is 0 Å². The summed E-state index contributed by atoms with van der Waals surface area (Å²) >= 11 is 3.64. The largest absolute Gasteiger partial charge is 0.329 e. The van der Waals surface area contributed by atoms with E-state index in [1.807, 2.05) is 0 Å². The molecule has 1 aromatic carbocycles. The lowest BCUT2D eigenvalue weighted by atomic mass is 10.0. The summed E-state index contributed by atoms with van der Waals surface area (Å²) in [6, 6.07) is 6.94. The number of aryl methyl sites for hydroxylation is 1. The number of hydrogen-bond donors (Lipinski definition) is 1. The number of benzene rings is 1. The molecule has 1 aromatic rings. The number of rotatable bonds is 3. The van der Waals surface area contributed by atoms with E-state index >= 15 is 0 Å². The Kier molecular flexibility index (Phi) is 5.47. The molecule has 0 aliphatic carbocycles. The summed E-state index contributed by atoms with van der Waals surface area (Å²) in [6.07, 6.45) is 0. The number of piperazine rings is 1.